The van der Waals surface area contributed by atoms with E-state index in [1.165, 1.54) is 0 Å². The van der Waals surface area contributed by atoms with Crippen LogP contribution < -0.4 is 10.6 Å². The lowest BCUT2D eigenvalue weighted by Gasteiger charge is -2.15. The van der Waals surface area contributed by atoms with Crippen molar-refractivity contribution >= 4 is 33.9 Å². The summed E-state index contributed by atoms with van der Waals surface area (Å²) < 4.78 is 12.7. The largest absolute Gasteiger partial charge is 0.451 e. The van der Waals surface area contributed by atoms with Crippen LogP contribution in [-0.2, 0) is 17.9 Å². The minimum atomic E-state index is -0.505. The molecule has 1 unspecified atom stereocenters. The van der Waals surface area contributed by atoms with Crippen LogP contribution in [-0.4, -0.2) is 46.1 Å². The van der Waals surface area contributed by atoms with Gasteiger partial charge in [-0.15, -0.1) is 0 Å². The van der Waals surface area contributed by atoms with Crippen LogP contribution in [0.25, 0.3) is 21.9 Å². The Hall–Kier alpha value is -3.85. The number of nitrogens with zero attached hydrogens (tertiary/aromatic N) is 2. The maximum Gasteiger partial charge on any atom is 0.407 e. The number of benzene rings is 2. The third-order valence-corrected chi connectivity index (χ3v) is 4.94. The Morgan fingerprint density at radius 1 is 1.22 bits per heavy atom. The second kappa shape index (κ2) is 9.52. The van der Waals surface area contributed by atoms with Gasteiger partial charge in [-0.25, -0.2) is 4.79 Å². The van der Waals surface area contributed by atoms with E-state index in [1.54, 1.807) is 23.0 Å². The number of fused-ring (bicyclic) bond motifs is 3. The Morgan fingerprint density at radius 3 is 2.81 bits per heavy atom. The zero-order chi connectivity index (χ0) is 22.5. The number of ether oxygens (including phenoxy) is 1. The molecule has 2 amide bonds. The van der Waals surface area contributed by atoms with Gasteiger partial charge in [0.05, 0.1) is 24.9 Å². The first-order chi connectivity index (χ1) is 15.5. The van der Waals surface area contributed by atoms with Gasteiger partial charge in [0, 0.05) is 23.4 Å². The van der Waals surface area contributed by atoms with E-state index in [-0.39, 0.29) is 31.6 Å². The second-order valence-corrected chi connectivity index (χ2v) is 7.44. The molecule has 2 aromatic carbocycles. The van der Waals surface area contributed by atoms with Crippen molar-refractivity contribution < 1.29 is 23.8 Å². The van der Waals surface area contributed by atoms with Crippen molar-refractivity contribution in [3.8, 4) is 0 Å². The molecular weight excluding hydrogens is 412 g/mol. The molecule has 2 heterocycles. The molecule has 9 nitrogen and oxygen atoms in total. The first-order valence-electron chi connectivity index (χ1n) is 10.3. The first-order valence-corrected chi connectivity index (χ1v) is 10.3. The van der Waals surface area contributed by atoms with E-state index >= 15 is 0 Å². The highest BCUT2D eigenvalue weighted by molar-refractivity contribution is 6.06. The van der Waals surface area contributed by atoms with Gasteiger partial charge in [0.1, 0.15) is 12.2 Å². The monoisotopic (exact) mass is 436 g/mol. The fourth-order valence-corrected chi connectivity index (χ4v) is 3.47. The number of rotatable bonds is 8. The van der Waals surface area contributed by atoms with Gasteiger partial charge >= 0.3 is 6.09 Å². The minimum Gasteiger partial charge on any atom is -0.451 e. The Bertz CT molecular complexity index is 1230. The van der Waals surface area contributed by atoms with E-state index < -0.39 is 12.0 Å². The quantitative estimate of drug-likeness (QED) is 0.391. The average Bonchev–Trinajstić information content (AvgIpc) is 3.40. The molecule has 2 aromatic heterocycles. The summed E-state index contributed by atoms with van der Waals surface area (Å²) in [6.45, 7) is 2.45. The maximum atomic E-state index is 12.2. The van der Waals surface area contributed by atoms with Crippen LogP contribution in [0.15, 0.2) is 59.1 Å². The molecule has 0 bridgehead atoms. The highest BCUT2D eigenvalue weighted by atomic mass is 16.5. The van der Waals surface area contributed by atoms with Gasteiger partial charge in [-0.2, -0.15) is 5.10 Å². The standard InChI is InChI=1S/C23H24N4O5/c1-15(26-23(30)31-14-16-5-3-2-4-6-16)13-27-21-17(12-25-27)7-8-19-18(21)11-20(32-19)22(29)24-9-10-28/h2-8,11-12,15,28H,9-10,13-14H2,1H3,(H,24,29)(H,26,30). The van der Waals surface area contributed by atoms with Crippen LogP contribution in [0.2, 0.25) is 0 Å². The summed E-state index contributed by atoms with van der Waals surface area (Å²) in [6.07, 6.45) is 1.22. The average molecular weight is 436 g/mol. The number of carbonyl (C=O) groups is 2. The second-order valence-electron chi connectivity index (χ2n) is 7.44. The zero-order valence-electron chi connectivity index (χ0n) is 17.6. The minimum absolute atomic E-state index is 0.146. The summed E-state index contributed by atoms with van der Waals surface area (Å²) in [7, 11) is 0. The van der Waals surface area contributed by atoms with Crippen molar-refractivity contribution in [2.24, 2.45) is 0 Å². The van der Waals surface area contributed by atoms with E-state index in [9.17, 15) is 9.59 Å². The fraction of sp³-hybridized carbons (Fsp3) is 0.261. The number of aliphatic hydroxyl groups is 1. The summed E-state index contributed by atoms with van der Waals surface area (Å²) in [4.78, 5) is 24.4. The molecule has 4 rings (SSSR count). The maximum absolute atomic E-state index is 12.2. The molecule has 0 aliphatic carbocycles. The van der Waals surface area contributed by atoms with Crippen LogP contribution in [0.3, 0.4) is 0 Å². The summed E-state index contributed by atoms with van der Waals surface area (Å²) in [5, 5.41) is 20.4. The Labute approximate surface area is 184 Å². The lowest BCUT2D eigenvalue weighted by Crippen LogP contribution is -2.36. The Kier molecular flexibility index (Phi) is 6.37. The SMILES string of the molecule is CC(Cn1ncc2ccc3oc(C(=O)NCCO)cc3c21)NC(=O)OCc1ccccc1. The molecule has 0 radical (unpaired) electrons. The topological polar surface area (TPSA) is 119 Å². The van der Waals surface area contributed by atoms with E-state index in [2.05, 4.69) is 15.7 Å². The molecule has 0 aliphatic heterocycles. The molecule has 4 aromatic rings. The lowest BCUT2D eigenvalue weighted by atomic mass is 10.2. The van der Waals surface area contributed by atoms with Crippen LogP contribution in [0.4, 0.5) is 4.79 Å². The van der Waals surface area contributed by atoms with Gasteiger partial charge in [0.2, 0.25) is 0 Å². The van der Waals surface area contributed by atoms with Crippen molar-refractivity contribution in [1.29, 1.82) is 0 Å². The van der Waals surface area contributed by atoms with Crippen molar-refractivity contribution in [2.45, 2.75) is 26.1 Å². The number of furan rings is 1. The highest BCUT2D eigenvalue weighted by Gasteiger charge is 2.17. The molecule has 1 atom stereocenters. The van der Waals surface area contributed by atoms with Crippen LogP contribution in [0.1, 0.15) is 23.0 Å². The normalized spacial score (nSPS) is 12.1. The molecule has 32 heavy (non-hydrogen) atoms. The molecule has 0 fully saturated rings. The third-order valence-electron chi connectivity index (χ3n) is 4.94. The Balaban J connectivity index is 1.47. The number of alkyl carbamates (subject to hydrolysis) is 1. The predicted molar refractivity (Wildman–Crippen MR) is 118 cm³/mol. The molecule has 166 valence electrons. The van der Waals surface area contributed by atoms with Crippen molar-refractivity contribution in [3.05, 3.63) is 66.1 Å². The van der Waals surface area contributed by atoms with Gasteiger partial charge in [-0.05, 0) is 30.7 Å². The van der Waals surface area contributed by atoms with Crippen LogP contribution >= 0.6 is 0 Å². The number of amides is 2. The van der Waals surface area contributed by atoms with Crippen LogP contribution in [0, 0.1) is 0 Å². The summed E-state index contributed by atoms with van der Waals surface area (Å²) in [6, 6.07) is 14.5. The van der Waals surface area contributed by atoms with E-state index in [0.717, 1.165) is 21.9 Å². The Morgan fingerprint density at radius 2 is 2.03 bits per heavy atom. The van der Waals surface area contributed by atoms with Gasteiger partial charge in [-0.3, -0.25) is 9.48 Å². The van der Waals surface area contributed by atoms with Gasteiger partial charge in [0.15, 0.2) is 5.76 Å². The zero-order valence-corrected chi connectivity index (χ0v) is 17.6. The number of hydrogen-bond acceptors (Lipinski definition) is 6. The highest BCUT2D eigenvalue weighted by Crippen LogP contribution is 2.28. The number of aliphatic hydroxyl groups excluding tert-OH is 1. The first kappa shape index (κ1) is 21.4. The van der Waals surface area contributed by atoms with Gasteiger partial charge in [-0.1, -0.05) is 30.3 Å². The smallest absolute Gasteiger partial charge is 0.407 e. The molecule has 0 spiro atoms. The van der Waals surface area contributed by atoms with Gasteiger partial charge < -0.3 is 24.9 Å². The molecule has 0 saturated heterocycles. The third kappa shape index (κ3) is 4.73. The summed E-state index contributed by atoms with van der Waals surface area (Å²) in [5.41, 5.74) is 2.27. The molecular formula is C23H24N4O5. The molecule has 3 N–H and O–H groups in total. The number of carbonyl (C=O) groups excluding carboxylic acids is 2. The van der Waals surface area contributed by atoms with E-state index in [0.29, 0.717) is 12.1 Å². The molecule has 0 aliphatic rings. The summed E-state index contributed by atoms with van der Waals surface area (Å²) >= 11 is 0. The van der Waals surface area contributed by atoms with Crippen molar-refractivity contribution in [2.75, 3.05) is 13.2 Å². The molecule has 0 saturated carbocycles. The van der Waals surface area contributed by atoms with E-state index in [1.807, 2.05) is 43.3 Å². The van der Waals surface area contributed by atoms with Crippen molar-refractivity contribution in [1.82, 2.24) is 20.4 Å². The van der Waals surface area contributed by atoms with Gasteiger partial charge in [0.25, 0.3) is 5.91 Å². The number of hydrogen-bond donors (Lipinski definition) is 3. The number of nitrogens with one attached hydrogen (secondary N) is 2. The lowest BCUT2D eigenvalue weighted by molar-refractivity contribution is 0.0919. The van der Waals surface area contributed by atoms with Crippen LogP contribution in [0.5, 0.6) is 0 Å². The van der Waals surface area contributed by atoms with E-state index in [4.69, 9.17) is 14.3 Å². The summed E-state index contributed by atoms with van der Waals surface area (Å²) in [5.74, 6) is -0.241. The number of aromatic nitrogens is 2. The predicted octanol–water partition coefficient (Wildman–Crippen LogP) is 2.82. The molecule has 9 heteroatoms. The fourth-order valence-electron chi connectivity index (χ4n) is 3.47. The van der Waals surface area contributed by atoms with Crippen molar-refractivity contribution in [3.63, 3.8) is 0 Å².